The molecule has 0 saturated heterocycles. The van der Waals surface area contributed by atoms with Crippen LogP contribution in [-0.2, 0) is 17.8 Å². The van der Waals surface area contributed by atoms with Gasteiger partial charge in [0.25, 0.3) is 0 Å². The first kappa shape index (κ1) is 20.5. The van der Waals surface area contributed by atoms with Crippen molar-refractivity contribution in [3.05, 3.63) is 86.2 Å². The van der Waals surface area contributed by atoms with Gasteiger partial charge in [0.05, 0.1) is 27.7 Å². The van der Waals surface area contributed by atoms with E-state index < -0.39 is 5.97 Å². The first-order valence-electron chi connectivity index (χ1n) is 9.04. The van der Waals surface area contributed by atoms with Gasteiger partial charge in [-0.2, -0.15) is 0 Å². The summed E-state index contributed by atoms with van der Waals surface area (Å²) in [6.07, 6.45) is 0.184. The SMILES string of the molecule is O=C(Cc1cccs1)Nc1c(C(=O)O)n(Cc2ccc(Cl)c(Cl)c2)c2ccccc12. The zero-order valence-electron chi connectivity index (χ0n) is 15.6. The Bertz CT molecular complexity index is 1250. The molecule has 2 N–H and O–H groups in total. The van der Waals surface area contributed by atoms with Crippen molar-refractivity contribution in [1.82, 2.24) is 4.57 Å². The monoisotopic (exact) mass is 458 g/mol. The summed E-state index contributed by atoms with van der Waals surface area (Å²) in [5.41, 5.74) is 1.80. The van der Waals surface area contributed by atoms with Crippen molar-refractivity contribution in [2.45, 2.75) is 13.0 Å². The normalized spacial score (nSPS) is 11.0. The number of nitrogens with one attached hydrogen (secondary N) is 1. The van der Waals surface area contributed by atoms with Crippen LogP contribution in [0.1, 0.15) is 20.9 Å². The molecule has 0 aliphatic carbocycles. The summed E-state index contributed by atoms with van der Waals surface area (Å²) < 4.78 is 1.66. The van der Waals surface area contributed by atoms with Gasteiger partial charge in [-0.1, -0.05) is 53.5 Å². The highest BCUT2D eigenvalue weighted by Crippen LogP contribution is 2.33. The number of carboxylic acids is 1. The van der Waals surface area contributed by atoms with Crippen LogP contribution in [0.2, 0.25) is 10.0 Å². The van der Waals surface area contributed by atoms with Crippen molar-refractivity contribution < 1.29 is 14.7 Å². The fraction of sp³-hybridized carbons (Fsp3) is 0.0909. The maximum Gasteiger partial charge on any atom is 0.354 e. The molecule has 0 bridgehead atoms. The zero-order chi connectivity index (χ0) is 21.3. The van der Waals surface area contributed by atoms with E-state index in [9.17, 15) is 14.7 Å². The molecule has 0 unspecified atom stereocenters. The molecule has 0 atom stereocenters. The molecule has 8 heteroatoms. The fourth-order valence-electron chi connectivity index (χ4n) is 3.39. The van der Waals surface area contributed by atoms with Crippen molar-refractivity contribution in [1.29, 1.82) is 0 Å². The molecule has 5 nitrogen and oxygen atoms in total. The van der Waals surface area contributed by atoms with Crippen LogP contribution in [0, 0.1) is 0 Å². The van der Waals surface area contributed by atoms with Gasteiger partial charge in [0, 0.05) is 16.8 Å². The number of carbonyl (C=O) groups is 2. The molecule has 0 saturated carbocycles. The van der Waals surface area contributed by atoms with E-state index in [-0.39, 0.29) is 24.6 Å². The summed E-state index contributed by atoms with van der Waals surface area (Å²) in [6, 6.07) is 16.2. The van der Waals surface area contributed by atoms with Crippen LogP contribution < -0.4 is 5.32 Å². The maximum absolute atomic E-state index is 12.6. The highest BCUT2D eigenvalue weighted by Gasteiger charge is 2.24. The zero-order valence-corrected chi connectivity index (χ0v) is 17.9. The minimum atomic E-state index is -1.13. The summed E-state index contributed by atoms with van der Waals surface area (Å²) in [4.78, 5) is 25.7. The van der Waals surface area contributed by atoms with E-state index in [1.807, 2.05) is 35.7 Å². The van der Waals surface area contributed by atoms with E-state index in [1.165, 1.54) is 11.3 Å². The van der Waals surface area contributed by atoms with Gasteiger partial charge in [-0.05, 0) is 35.2 Å². The van der Waals surface area contributed by atoms with E-state index >= 15 is 0 Å². The van der Waals surface area contributed by atoms with Crippen molar-refractivity contribution in [3.8, 4) is 0 Å². The molecule has 2 heterocycles. The smallest absolute Gasteiger partial charge is 0.354 e. The lowest BCUT2D eigenvalue weighted by atomic mass is 10.2. The number of halogens is 2. The van der Waals surface area contributed by atoms with Crippen molar-refractivity contribution in [3.63, 3.8) is 0 Å². The topological polar surface area (TPSA) is 71.3 Å². The van der Waals surface area contributed by atoms with Crippen LogP contribution in [0.15, 0.2) is 60.0 Å². The highest BCUT2D eigenvalue weighted by molar-refractivity contribution is 7.10. The molecule has 4 rings (SSSR count). The van der Waals surface area contributed by atoms with Crippen LogP contribution in [0.25, 0.3) is 10.9 Å². The average Bonchev–Trinajstić information content (AvgIpc) is 3.32. The first-order chi connectivity index (χ1) is 14.4. The molecule has 0 aliphatic heterocycles. The number of hydrogen-bond acceptors (Lipinski definition) is 3. The van der Waals surface area contributed by atoms with Gasteiger partial charge in [-0.3, -0.25) is 4.79 Å². The van der Waals surface area contributed by atoms with Gasteiger partial charge >= 0.3 is 5.97 Å². The predicted molar refractivity (Wildman–Crippen MR) is 121 cm³/mol. The third-order valence-corrected chi connectivity index (χ3v) is 6.29. The molecule has 152 valence electrons. The number of hydrogen-bond donors (Lipinski definition) is 2. The Hall–Kier alpha value is -2.80. The van der Waals surface area contributed by atoms with Gasteiger partial charge in [0.2, 0.25) is 5.91 Å². The summed E-state index contributed by atoms with van der Waals surface area (Å²) >= 11 is 13.6. The summed E-state index contributed by atoms with van der Waals surface area (Å²) in [5, 5.41) is 16.2. The molecular weight excluding hydrogens is 443 g/mol. The van der Waals surface area contributed by atoms with Gasteiger partial charge in [0.1, 0.15) is 0 Å². The molecule has 4 aromatic rings. The molecule has 1 amide bonds. The van der Waals surface area contributed by atoms with Crippen molar-refractivity contribution in [2.24, 2.45) is 0 Å². The number of thiophene rings is 1. The lowest BCUT2D eigenvalue weighted by Crippen LogP contribution is -2.17. The third kappa shape index (κ3) is 4.07. The number of rotatable bonds is 6. The summed E-state index contributed by atoms with van der Waals surface area (Å²) in [5.74, 6) is -1.39. The average molecular weight is 459 g/mol. The number of para-hydroxylation sites is 1. The minimum absolute atomic E-state index is 0.0156. The number of aromatic carboxylic acids is 1. The molecule has 0 aliphatic rings. The number of carboxylic acid groups (broad SMARTS) is 1. The lowest BCUT2D eigenvalue weighted by Gasteiger charge is -2.10. The second-order valence-electron chi connectivity index (χ2n) is 6.68. The summed E-state index contributed by atoms with van der Waals surface area (Å²) in [7, 11) is 0. The number of aromatic nitrogens is 1. The Labute approximate surface area is 186 Å². The number of amides is 1. The van der Waals surface area contributed by atoms with Crippen LogP contribution in [-0.4, -0.2) is 21.6 Å². The largest absolute Gasteiger partial charge is 0.477 e. The van der Waals surface area contributed by atoms with Crippen LogP contribution in [0.4, 0.5) is 5.69 Å². The number of anilines is 1. The van der Waals surface area contributed by atoms with Crippen molar-refractivity contribution in [2.75, 3.05) is 5.32 Å². The number of carbonyl (C=O) groups excluding carboxylic acids is 1. The Kier molecular flexibility index (Phi) is 5.81. The molecule has 2 aromatic carbocycles. The second-order valence-corrected chi connectivity index (χ2v) is 8.53. The third-order valence-electron chi connectivity index (χ3n) is 4.68. The molecular formula is C22H16Cl2N2O3S. The molecule has 0 fully saturated rings. The Morgan fingerprint density at radius 1 is 1.03 bits per heavy atom. The Morgan fingerprint density at radius 2 is 1.83 bits per heavy atom. The number of nitrogens with zero attached hydrogens (tertiary/aromatic N) is 1. The van der Waals surface area contributed by atoms with E-state index in [1.54, 1.807) is 28.8 Å². The molecule has 0 spiro atoms. The van der Waals surface area contributed by atoms with Crippen LogP contribution >= 0.6 is 34.5 Å². The van der Waals surface area contributed by atoms with Crippen molar-refractivity contribution >= 4 is 63.0 Å². The standard InChI is InChI=1S/C22H16Cl2N2O3S/c23-16-8-7-13(10-17(16)24)12-26-18-6-2-1-5-15(18)20(21(26)22(28)29)25-19(27)11-14-4-3-9-30-14/h1-10H,11-12H2,(H,25,27)(H,28,29). The quantitative estimate of drug-likeness (QED) is 0.375. The van der Waals surface area contributed by atoms with E-state index in [0.29, 0.717) is 26.6 Å². The predicted octanol–water partition coefficient (Wildman–Crippen LogP) is 5.94. The molecule has 30 heavy (non-hydrogen) atoms. The van der Waals surface area contributed by atoms with Gasteiger partial charge < -0.3 is 15.0 Å². The first-order valence-corrected chi connectivity index (χ1v) is 10.7. The second kappa shape index (κ2) is 8.52. The molecule has 0 radical (unpaired) electrons. The van der Waals surface area contributed by atoms with Gasteiger partial charge in [-0.25, -0.2) is 4.79 Å². The Balaban J connectivity index is 1.78. The molecule has 2 aromatic heterocycles. The number of benzene rings is 2. The van der Waals surface area contributed by atoms with Gasteiger partial charge in [0.15, 0.2) is 5.69 Å². The summed E-state index contributed by atoms with van der Waals surface area (Å²) in [6.45, 7) is 0.264. The lowest BCUT2D eigenvalue weighted by molar-refractivity contribution is -0.115. The van der Waals surface area contributed by atoms with Gasteiger partial charge in [-0.15, -0.1) is 11.3 Å². The van der Waals surface area contributed by atoms with Crippen LogP contribution in [0.3, 0.4) is 0 Å². The Morgan fingerprint density at radius 3 is 2.53 bits per heavy atom. The van der Waals surface area contributed by atoms with E-state index in [4.69, 9.17) is 23.2 Å². The van der Waals surface area contributed by atoms with Crippen LogP contribution in [0.5, 0.6) is 0 Å². The van der Waals surface area contributed by atoms with E-state index in [0.717, 1.165) is 10.4 Å². The number of fused-ring (bicyclic) bond motifs is 1. The minimum Gasteiger partial charge on any atom is -0.477 e. The fourth-order valence-corrected chi connectivity index (χ4v) is 4.42. The maximum atomic E-state index is 12.6. The van der Waals surface area contributed by atoms with E-state index in [2.05, 4.69) is 5.32 Å². The highest BCUT2D eigenvalue weighted by atomic mass is 35.5.